The van der Waals surface area contributed by atoms with Gasteiger partial charge in [-0.25, -0.2) is 13.8 Å². The second-order valence-corrected chi connectivity index (χ2v) is 7.06. The predicted molar refractivity (Wildman–Crippen MR) is 111 cm³/mol. The van der Waals surface area contributed by atoms with Gasteiger partial charge >= 0.3 is 5.97 Å². The monoisotopic (exact) mass is 449 g/mol. The van der Waals surface area contributed by atoms with Crippen LogP contribution in [0.4, 0.5) is 18.3 Å². The lowest BCUT2D eigenvalue weighted by Crippen LogP contribution is -2.07. The van der Waals surface area contributed by atoms with Gasteiger partial charge in [-0.2, -0.15) is 9.49 Å². The number of hydrogen-bond acceptors (Lipinski definition) is 7. The average Bonchev–Trinajstić information content (AvgIpc) is 3.19. The highest BCUT2D eigenvalue weighted by molar-refractivity contribution is 7.13. The van der Waals surface area contributed by atoms with E-state index >= 15 is 0 Å². The van der Waals surface area contributed by atoms with E-state index in [1.807, 2.05) is 0 Å². The van der Waals surface area contributed by atoms with Crippen LogP contribution in [0.15, 0.2) is 46.9 Å². The molecule has 3 aromatic rings. The third kappa shape index (κ3) is 6.29. The lowest BCUT2D eigenvalue weighted by molar-refractivity contribution is -0.142. The van der Waals surface area contributed by atoms with Crippen LogP contribution in [-0.4, -0.2) is 23.8 Å². The zero-order valence-corrected chi connectivity index (χ0v) is 17.2. The third-order valence-electron chi connectivity index (χ3n) is 3.90. The molecule has 2 aromatic carbocycles. The zero-order valence-electron chi connectivity index (χ0n) is 16.4. The minimum Gasteiger partial charge on any atom is -0.486 e. The maximum Gasteiger partial charge on any atom is 0.311 e. The number of rotatable bonds is 9. The number of thiazole rings is 1. The molecule has 0 aliphatic carbocycles. The van der Waals surface area contributed by atoms with Crippen LogP contribution in [0.2, 0.25) is 0 Å². The summed E-state index contributed by atoms with van der Waals surface area (Å²) in [6.07, 6.45) is 1.64. The summed E-state index contributed by atoms with van der Waals surface area (Å²) in [5.74, 6) is -4.93. The molecular formula is C21H18F3N3O3S. The van der Waals surface area contributed by atoms with Gasteiger partial charge in [0, 0.05) is 5.38 Å². The first-order valence-corrected chi connectivity index (χ1v) is 10.1. The van der Waals surface area contributed by atoms with Gasteiger partial charge in [-0.1, -0.05) is 18.2 Å². The van der Waals surface area contributed by atoms with Crippen molar-refractivity contribution in [2.24, 2.45) is 5.10 Å². The Morgan fingerprint density at radius 3 is 2.87 bits per heavy atom. The van der Waals surface area contributed by atoms with Crippen LogP contribution in [0.3, 0.4) is 0 Å². The highest BCUT2D eigenvalue weighted by atomic mass is 32.1. The molecule has 162 valence electrons. The van der Waals surface area contributed by atoms with Crippen molar-refractivity contribution in [2.75, 3.05) is 12.0 Å². The predicted octanol–water partition coefficient (Wildman–Crippen LogP) is 4.69. The second kappa shape index (κ2) is 10.6. The van der Waals surface area contributed by atoms with Crippen LogP contribution < -0.4 is 10.2 Å². The van der Waals surface area contributed by atoms with Crippen LogP contribution in [0.1, 0.15) is 23.7 Å². The van der Waals surface area contributed by atoms with Crippen molar-refractivity contribution < 1.29 is 27.4 Å². The van der Waals surface area contributed by atoms with E-state index in [1.165, 1.54) is 11.3 Å². The second-order valence-electron chi connectivity index (χ2n) is 6.20. The number of carbonyl (C=O) groups is 1. The fourth-order valence-corrected chi connectivity index (χ4v) is 3.16. The Labute approximate surface area is 180 Å². The summed E-state index contributed by atoms with van der Waals surface area (Å²) in [6, 6.07) is 8.87. The van der Waals surface area contributed by atoms with Gasteiger partial charge in [0.05, 0.1) is 24.9 Å². The van der Waals surface area contributed by atoms with Gasteiger partial charge in [-0.3, -0.25) is 10.2 Å². The standard InChI is InChI=1S/C21H18F3N3O3S/c1-2-29-18(28)9-15-12-31-21(26-15)27-25-10-13-4-3-5-14(8-13)11-30-17-7-6-16(22)19(23)20(17)24/h3-8,10,12H,2,9,11H2,1H3,(H,26,27). The number of anilines is 1. The largest absolute Gasteiger partial charge is 0.486 e. The molecule has 3 rings (SSSR count). The molecule has 31 heavy (non-hydrogen) atoms. The van der Waals surface area contributed by atoms with Crippen molar-refractivity contribution in [3.63, 3.8) is 0 Å². The summed E-state index contributed by atoms with van der Waals surface area (Å²) in [7, 11) is 0. The molecule has 0 amide bonds. The van der Waals surface area contributed by atoms with Crippen molar-refractivity contribution in [1.82, 2.24) is 4.98 Å². The van der Waals surface area contributed by atoms with E-state index in [0.29, 0.717) is 23.0 Å². The number of benzene rings is 2. The number of hydrogen-bond donors (Lipinski definition) is 1. The molecule has 0 aliphatic heterocycles. The Hall–Kier alpha value is -3.40. The molecule has 1 N–H and O–H groups in total. The van der Waals surface area contributed by atoms with Crippen molar-refractivity contribution in [1.29, 1.82) is 0 Å². The molecule has 0 fully saturated rings. The third-order valence-corrected chi connectivity index (χ3v) is 4.70. The lowest BCUT2D eigenvalue weighted by Gasteiger charge is -2.08. The van der Waals surface area contributed by atoms with E-state index in [0.717, 1.165) is 17.7 Å². The highest BCUT2D eigenvalue weighted by Crippen LogP contribution is 2.23. The van der Waals surface area contributed by atoms with E-state index in [9.17, 15) is 18.0 Å². The minimum atomic E-state index is -1.57. The Morgan fingerprint density at radius 1 is 1.23 bits per heavy atom. The van der Waals surface area contributed by atoms with Crippen molar-refractivity contribution >= 4 is 28.7 Å². The smallest absolute Gasteiger partial charge is 0.311 e. The molecule has 10 heteroatoms. The number of nitrogens with one attached hydrogen (secondary N) is 1. The van der Waals surface area contributed by atoms with Crippen LogP contribution in [0.25, 0.3) is 0 Å². The number of carbonyl (C=O) groups excluding carboxylic acids is 1. The van der Waals surface area contributed by atoms with Gasteiger partial charge in [0.1, 0.15) is 6.61 Å². The van der Waals surface area contributed by atoms with E-state index in [4.69, 9.17) is 9.47 Å². The number of halogens is 3. The summed E-state index contributed by atoms with van der Waals surface area (Å²) in [5.41, 5.74) is 4.77. The minimum absolute atomic E-state index is 0.0409. The fourth-order valence-electron chi connectivity index (χ4n) is 2.51. The molecule has 0 aliphatic rings. The molecule has 0 unspecified atom stereocenters. The molecule has 0 bridgehead atoms. The maximum atomic E-state index is 13.7. The highest BCUT2D eigenvalue weighted by Gasteiger charge is 2.14. The summed E-state index contributed by atoms with van der Waals surface area (Å²) < 4.78 is 50.1. The topological polar surface area (TPSA) is 72.8 Å². The molecule has 0 atom stereocenters. The Kier molecular flexibility index (Phi) is 7.60. The maximum absolute atomic E-state index is 13.7. The van der Waals surface area contributed by atoms with Crippen molar-refractivity contribution in [3.05, 3.63) is 76.1 Å². The SMILES string of the molecule is CCOC(=O)Cc1csc(NN=Cc2cccc(COc3ccc(F)c(F)c3F)c2)n1. The average molecular weight is 449 g/mol. The molecule has 1 heterocycles. The van der Waals surface area contributed by atoms with Crippen molar-refractivity contribution in [2.45, 2.75) is 20.0 Å². The molecule has 0 saturated heterocycles. The molecule has 0 spiro atoms. The van der Waals surface area contributed by atoms with Crippen LogP contribution >= 0.6 is 11.3 Å². The summed E-state index contributed by atoms with van der Waals surface area (Å²) in [5, 5.41) is 6.36. The number of ether oxygens (including phenoxy) is 2. The van der Waals surface area contributed by atoms with E-state index in [1.54, 1.807) is 42.8 Å². The normalized spacial score (nSPS) is 11.0. The molecule has 6 nitrogen and oxygen atoms in total. The van der Waals surface area contributed by atoms with Crippen molar-refractivity contribution in [3.8, 4) is 5.75 Å². The fraction of sp³-hybridized carbons (Fsp3) is 0.190. The van der Waals surface area contributed by atoms with Crippen LogP contribution in [0, 0.1) is 17.5 Å². The van der Waals surface area contributed by atoms with Gasteiger partial charge < -0.3 is 9.47 Å². The Morgan fingerprint density at radius 2 is 2.06 bits per heavy atom. The lowest BCUT2D eigenvalue weighted by atomic mass is 10.1. The van der Waals surface area contributed by atoms with Crippen LogP contribution in [-0.2, 0) is 22.6 Å². The first-order chi connectivity index (χ1) is 15.0. The summed E-state index contributed by atoms with van der Waals surface area (Å²) in [4.78, 5) is 15.7. The van der Waals surface area contributed by atoms with Gasteiger partial charge in [0.2, 0.25) is 10.9 Å². The number of aromatic nitrogens is 1. The van der Waals surface area contributed by atoms with Gasteiger partial charge in [-0.05, 0) is 36.2 Å². The first-order valence-electron chi connectivity index (χ1n) is 9.20. The van der Waals surface area contributed by atoms with Gasteiger partial charge in [-0.15, -0.1) is 11.3 Å². The molecule has 0 saturated carbocycles. The molecular weight excluding hydrogens is 431 g/mol. The van der Waals surface area contributed by atoms with Gasteiger partial charge in [0.15, 0.2) is 17.4 Å². The van der Waals surface area contributed by atoms with E-state index in [2.05, 4.69) is 15.5 Å². The number of nitrogens with zero attached hydrogens (tertiary/aromatic N) is 2. The van der Waals surface area contributed by atoms with Gasteiger partial charge in [0.25, 0.3) is 0 Å². The molecule has 1 aromatic heterocycles. The first kappa shape index (κ1) is 22.3. The number of hydrazone groups is 1. The van der Waals surface area contributed by atoms with E-state index < -0.39 is 17.5 Å². The quantitative estimate of drug-likeness (QED) is 0.222. The number of esters is 1. The Bertz CT molecular complexity index is 1090. The Balaban J connectivity index is 1.56. The molecule has 0 radical (unpaired) electrons. The summed E-state index contributed by atoms with van der Waals surface area (Å²) in [6.45, 7) is 2.02. The zero-order chi connectivity index (χ0) is 22.2. The summed E-state index contributed by atoms with van der Waals surface area (Å²) >= 11 is 1.30. The van der Waals surface area contributed by atoms with E-state index in [-0.39, 0.29) is 24.7 Å². The van der Waals surface area contributed by atoms with Crippen LogP contribution in [0.5, 0.6) is 5.75 Å².